The van der Waals surface area contributed by atoms with Gasteiger partial charge in [0.25, 0.3) is 0 Å². The maximum atomic E-state index is 13.1. The third kappa shape index (κ3) is 4.08. The number of benzene rings is 2. The number of carbonyl (C=O) groups excluding carboxylic acids is 1. The highest BCUT2D eigenvalue weighted by Gasteiger charge is 2.37. The van der Waals surface area contributed by atoms with Crippen LogP contribution in [0.5, 0.6) is 0 Å². The van der Waals surface area contributed by atoms with E-state index < -0.39 is 4.92 Å². The van der Waals surface area contributed by atoms with Crippen molar-refractivity contribution in [3.05, 3.63) is 87.1 Å². The highest BCUT2D eigenvalue weighted by atomic mass is 16.6. The van der Waals surface area contributed by atoms with E-state index in [2.05, 4.69) is 11.1 Å². The first-order valence-corrected chi connectivity index (χ1v) is 10.4. The molecule has 1 saturated carbocycles. The Balaban J connectivity index is 1.70. The van der Waals surface area contributed by atoms with Crippen LogP contribution in [0.15, 0.2) is 54.7 Å². The zero-order chi connectivity index (χ0) is 22.8. The first-order valence-electron chi connectivity index (χ1n) is 10.4. The van der Waals surface area contributed by atoms with Crippen LogP contribution in [0.1, 0.15) is 35.1 Å². The Bertz CT molecular complexity index is 1240. The van der Waals surface area contributed by atoms with E-state index in [0.29, 0.717) is 16.7 Å². The summed E-state index contributed by atoms with van der Waals surface area (Å²) >= 11 is 0. The molecule has 1 aliphatic carbocycles. The summed E-state index contributed by atoms with van der Waals surface area (Å²) in [7, 11) is 0. The first kappa shape index (κ1) is 21.2. The van der Waals surface area contributed by atoms with E-state index in [-0.39, 0.29) is 29.9 Å². The van der Waals surface area contributed by atoms with E-state index in [1.54, 1.807) is 26.1 Å². The van der Waals surface area contributed by atoms with Gasteiger partial charge in [0.15, 0.2) is 0 Å². The van der Waals surface area contributed by atoms with E-state index in [9.17, 15) is 20.2 Å². The molecule has 1 amide bonds. The summed E-state index contributed by atoms with van der Waals surface area (Å²) in [6, 6.07) is 17.1. The number of aryl methyl sites for hydroxylation is 1. The molecule has 1 heterocycles. The van der Waals surface area contributed by atoms with Crippen LogP contribution in [0, 0.1) is 41.2 Å². The van der Waals surface area contributed by atoms with Crippen LogP contribution in [0.2, 0.25) is 0 Å². The van der Waals surface area contributed by atoms with Gasteiger partial charge in [0.2, 0.25) is 11.7 Å². The van der Waals surface area contributed by atoms with Gasteiger partial charge in [-0.15, -0.1) is 0 Å². The molecule has 1 fully saturated rings. The third-order valence-electron chi connectivity index (χ3n) is 5.82. The molecule has 7 nitrogen and oxygen atoms in total. The van der Waals surface area contributed by atoms with Crippen LogP contribution < -0.4 is 4.90 Å². The van der Waals surface area contributed by atoms with Crippen LogP contribution in [0.3, 0.4) is 0 Å². The highest BCUT2D eigenvalue weighted by molar-refractivity contribution is 5.97. The molecular weight excluding hydrogens is 404 g/mol. The van der Waals surface area contributed by atoms with Crippen molar-refractivity contribution in [2.45, 2.75) is 33.2 Å². The quantitative estimate of drug-likeness (QED) is 0.404. The highest BCUT2D eigenvalue weighted by Crippen LogP contribution is 2.37. The summed E-state index contributed by atoms with van der Waals surface area (Å²) in [5.74, 6) is -0.156. The second-order valence-electron chi connectivity index (χ2n) is 8.05. The molecular formula is C25H22N4O3. The Hall–Kier alpha value is -4.05. The summed E-state index contributed by atoms with van der Waals surface area (Å²) < 4.78 is 0. The van der Waals surface area contributed by atoms with Crippen LogP contribution in [0.25, 0.3) is 11.1 Å². The molecule has 0 saturated heterocycles. The number of rotatable bonds is 6. The van der Waals surface area contributed by atoms with Crippen molar-refractivity contribution in [1.82, 2.24) is 4.98 Å². The van der Waals surface area contributed by atoms with Gasteiger partial charge in [-0.3, -0.25) is 19.8 Å². The number of hydrogen-bond acceptors (Lipinski definition) is 5. The normalized spacial score (nSPS) is 12.8. The van der Waals surface area contributed by atoms with Gasteiger partial charge in [0, 0.05) is 17.7 Å². The summed E-state index contributed by atoms with van der Waals surface area (Å²) in [6.07, 6.45) is 3.16. The molecule has 4 rings (SSSR count). The van der Waals surface area contributed by atoms with Gasteiger partial charge in [-0.2, -0.15) is 5.26 Å². The number of aromatic nitrogens is 1. The van der Waals surface area contributed by atoms with Gasteiger partial charge >= 0.3 is 5.69 Å². The minimum atomic E-state index is -0.459. The number of anilines is 1. The number of nitriles is 1. The second-order valence-corrected chi connectivity index (χ2v) is 8.05. The van der Waals surface area contributed by atoms with Gasteiger partial charge in [-0.1, -0.05) is 42.5 Å². The molecule has 0 spiro atoms. The molecule has 2 aromatic carbocycles. The van der Waals surface area contributed by atoms with Gasteiger partial charge in [0.05, 0.1) is 23.1 Å². The molecule has 0 bridgehead atoms. The fourth-order valence-electron chi connectivity index (χ4n) is 3.70. The van der Waals surface area contributed by atoms with Crippen molar-refractivity contribution in [3.63, 3.8) is 0 Å². The molecule has 0 aliphatic heterocycles. The summed E-state index contributed by atoms with van der Waals surface area (Å²) in [4.78, 5) is 30.2. The Morgan fingerprint density at radius 3 is 2.50 bits per heavy atom. The molecule has 3 aromatic rings. The van der Waals surface area contributed by atoms with Crippen molar-refractivity contribution in [2.75, 3.05) is 4.90 Å². The average molecular weight is 426 g/mol. The van der Waals surface area contributed by atoms with Gasteiger partial charge < -0.3 is 0 Å². The zero-order valence-electron chi connectivity index (χ0n) is 17.9. The monoisotopic (exact) mass is 426 g/mol. The van der Waals surface area contributed by atoms with E-state index in [0.717, 1.165) is 29.5 Å². The molecule has 0 atom stereocenters. The zero-order valence-corrected chi connectivity index (χ0v) is 17.9. The van der Waals surface area contributed by atoms with Crippen LogP contribution in [-0.4, -0.2) is 15.8 Å². The lowest BCUT2D eigenvalue weighted by Gasteiger charge is -2.23. The molecule has 1 aliphatic rings. The van der Waals surface area contributed by atoms with Crippen molar-refractivity contribution >= 4 is 17.4 Å². The van der Waals surface area contributed by atoms with Gasteiger partial charge in [-0.05, 0) is 55.0 Å². The third-order valence-corrected chi connectivity index (χ3v) is 5.82. The predicted octanol–water partition coefficient (Wildman–Crippen LogP) is 5.09. The summed E-state index contributed by atoms with van der Waals surface area (Å²) in [6.45, 7) is 3.63. The largest absolute Gasteiger partial charge is 0.315 e. The second kappa shape index (κ2) is 8.60. The maximum absolute atomic E-state index is 13.1. The number of nitrogens with zero attached hydrogens (tertiary/aromatic N) is 4. The van der Waals surface area contributed by atoms with Crippen LogP contribution in [-0.2, 0) is 11.3 Å². The maximum Gasteiger partial charge on any atom is 0.315 e. The molecule has 7 heteroatoms. The van der Waals surface area contributed by atoms with Gasteiger partial charge in [-0.25, -0.2) is 4.98 Å². The van der Waals surface area contributed by atoms with Crippen LogP contribution in [0.4, 0.5) is 11.5 Å². The van der Waals surface area contributed by atoms with Gasteiger partial charge in [0.1, 0.15) is 0 Å². The minimum absolute atomic E-state index is 0.0916. The molecule has 1 aromatic heterocycles. The lowest BCUT2D eigenvalue weighted by Crippen LogP contribution is -2.33. The van der Waals surface area contributed by atoms with Crippen molar-refractivity contribution in [2.24, 2.45) is 5.92 Å². The predicted molar refractivity (Wildman–Crippen MR) is 121 cm³/mol. The standard InChI is InChI=1S/C25H22N4O3/c1-16-14-27-24(23(17(16)2)29(31)32)28(25(30)20-11-12-20)15-18-7-9-19(10-8-18)22-6-4-3-5-21(22)13-26/h3-10,14,20H,11-12,15H2,1-2H3. The number of amides is 1. The summed E-state index contributed by atoms with van der Waals surface area (Å²) in [5.41, 5.74) is 4.22. The minimum Gasteiger partial charge on any atom is -0.286 e. The lowest BCUT2D eigenvalue weighted by molar-refractivity contribution is -0.384. The first-order chi connectivity index (χ1) is 15.4. The van der Waals surface area contributed by atoms with E-state index in [4.69, 9.17) is 0 Å². The SMILES string of the molecule is Cc1cnc(N(Cc2ccc(-c3ccccc3C#N)cc2)C(=O)C2CC2)c([N+](=O)[O-])c1C. The number of nitro groups is 1. The number of pyridine rings is 1. The molecule has 0 unspecified atom stereocenters. The topological polar surface area (TPSA) is 100 Å². The summed E-state index contributed by atoms with van der Waals surface area (Å²) in [5, 5.41) is 21.2. The van der Waals surface area contributed by atoms with Crippen LogP contribution >= 0.6 is 0 Å². The molecule has 160 valence electrons. The Kier molecular flexibility index (Phi) is 5.69. The Morgan fingerprint density at radius 2 is 1.88 bits per heavy atom. The Morgan fingerprint density at radius 1 is 1.19 bits per heavy atom. The van der Waals surface area contributed by atoms with E-state index >= 15 is 0 Å². The van der Waals surface area contributed by atoms with Crippen molar-refractivity contribution < 1.29 is 9.72 Å². The van der Waals surface area contributed by atoms with E-state index in [1.165, 1.54) is 4.90 Å². The molecule has 32 heavy (non-hydrogen) atoms. The smallest absolute Gasteiger partial charge is 0.286 e. The fourth-order valence-corrected chi connectivity index (χ4v) is 3.70. The lowest BCUT2D eigenvalue weighted by atomic mass is 9.99. The number of carbonyl (C=O) groups is 1. The fraction of sp³-hybridized carbons (Fsp3) is 0.240. The van der Waals surface area contributed by atoms with E-state index in [1.807, 2.05) is 42.5 Å². The molecule has 0 N–H and O–H groups in total. The number of hydrogen-bond donors (Lipinski definition) is 0. The molecule has 0 radical (unpaired) electrons. The van der Waals surface area contributed by atoms with Crippen molar-refractivity contribution in [1.29, 1.82) is 5.26 Å². The average Bonchev–Trinajstić information content (AvgIpc) is 3.64. The van der Waals surface area contributed by atoms with Crippen molar-refractivity contribution in [3.8, 4) is 17.2 Å². The Labute approximate surface area is 186 Å².